The molecule has 3 nitrogen and oxygen atoms in total. The number of hydrogen-bond donors (Lipinski definition) is 0. The van der Waals surface area contributed by atoms with Crippen LogP contribution in [0.15, 0.2) is 22.7 Å². The first kappa shape index (κ1) is 12.2. The van der Waals surface area contributed by atoms with Gasteiger partial charge in [-0.2, -0.15) is 0 Å². The van der Waals surface area contributed by atoms with Crippen molar-refractivity contribution in [3.8, 4) is 5.75 Å². The van der Waals surface area contributed by atoms with Crippen molar-refractivity contribution in [2.75, 3.05) is 7.11 Å². The number of esters is 1. The van der Waals surface area contributed by atoms with E-state index in [-0.39, 0.29) is 5.97 Å². The molecule has 17 heavy (non-hydrogen) atoms. The highest BCUT2D eigenvalue weighted by molar-refractivity contribution is 9.11. The lowest BCUT2D eigenvalue weighted by Crippen LogP contribution is -2.08. The summed E-state index contributed by atoms with van der Waals surface area (Å²) < 4.78 is 11.4. The molecule has 0 saturated carbocycles. The van der Waals surface area contributed by atoms with Crippen LogP contribution in [0, 0.1) is 0 Å². The fourth-order valence-electron chi connectivity index (χ4n) is 1.88. The Balaban J connectivity index is 2.44. The van der Waals surface area contributed by atoms with Gasteiger partial charge < -0.3 is 9.47 Å². The summed E-state index contributed by atoms with van der Waals surface area (Å²) in [5.74, 6) is 1.14. The van der Waals surface area contributed by atoms with Gasteiger partial charge in [-0.05, 0) is 36.6 Å². The van der Waals surface area contributed by atoms with Gasteiger partial charge in [0.1, 0.15) is 11.5 Å². The molecule has 0 fully saturated rings. The molecule has 0 N–H and O–H groups in total. The number of halogens is 1. The lowest BCUT2D eigenvalue weighted by atomic mass is 9.95. The number of allylic oxidation sites excluding steroid dienone is 1. The van der Waals surface area contributed by atoms with E-state index in [1.54, 1.807) is 7.11 Å². The molecular weight excluding hydrogens is 284 g/mol. The maximum absolute atomic E-state index is 11.1. The molecule has 2 rings (SSSR count). The first-order valence-corrected chi connectivity index (χ1v) is 6.15. The largest absolute Gasteiger partial charge is 0.497 e. The third-order valence-corrected chi connectivity index (χ3v) is 3.42. The Hall–Kier alpha value is -1.29. The van der Waals surface area contributed by atoms with Crippen molar-refractivity contribution in [2.45, 2.75) is 19.8 Å². The van der Waals surface area contributed by atoms with E-state index in [9.17, 15) is 4.79 Å². The number of carbonyl (C=O) groups excluding carboxylic acids is 1. The highest BCUT2D eigenvalue weighted by Crippen LogP contribution is 2.36. The Labute approximate surface area is 109 Å². The quantitative estimate of drug-likeness (QED) is 0.786. The van der Waals surface area contributed by atoms with E-state index in [0.717, 1.165) is 34.2 Å². The fraction of sp³-hybridized carbons (Fsp3) is 0.308. The van der Waals surface area contributed by atoms with Crippen molar-refractivity contribution in [2.24, 2.45) is 0 Å². The van der Waals surface area contributed by atoms with E-state index >= 15 is 0 Å². The van der Waals surface area contributed by atoms with Crippen LogP contribution in [0.25, 0.3) is 5.76 Å². The molecule has 0 unspecified atom stereocenters. The van der Waals surface area contributed by atoms with E-state index in [4.69, 9.17) is 9.47 Å². The number of hydrogen-bond acceptors (Lipinski definition) is 3. The molecule has 0 aliphatic heterocycles. The minimum atomic E-state index is -0.305. The molecule has 1 aliphatic rings. The zero-order valence-corrected chi connectivity index (χ0v) is 11.3. The molecular formula is C13H13BrO3. The van der Waals surface area contributed by atoms with Crippen molar-refractivity contribution in [3.63, 3.8) is 0 Å². The van der Waals surface area contributed by atoms with Gasteiger partial charge in [-0.25, -0.2) is 0 Å². The second-order valence-corrected chi connectivity index (χ2v) is 4.81. The van der Waals surface area contributed by atoms with Gasteiger partial charge in [-0.1, -0.05) is 15.9 Å². The van der Waals surface area contributed by atoms with Crippen LogP contribution in [0.2, 0.25) is 0 Å². The van der Waals surface area contributed by atoms with Crippen LogP contribution in [-0.4, -0.2) is 13.1 Å². The summed E-state index contributed by atoms with van der Waals surface area (Å²) in [5, 5.41) is 0. The van der Waals surface area contributed by atoms with Crippen LogP contribution < -0.4 is 4.74 Å². The van der Waals surface area contributed by atoms with E-state index in [1.165, 1.54) is 6.92 Å². The molecule has 0 spiro atoms. The number of rotatable bonds is 2. The maximum Gasteiger partial charge on any atom is 0.308 e. The lowest BCUT2D eigenvalue weighted by molar-refractivity contribution is -0.134. The van der Waals surface area contributed by atoms with Crippen molar-refractivity contribution in [1.82, 2.24) is 0 Å². The van der Waals surface area contributed by atoms with Crippen LogP contribution in [0.1, 0.15) is 24.5 Å². The topological polar surface area (TPSA) is 35.5 Å². The van der Waals surface area contributed by atoms with Crippen molar-refractivity contribution >= 4 is 27.7 Å². The number of carbonyl (C=O) groups is 1. The number of ether oxygens (including phenoxy) is 2. The zero-order valence-electron chi connectivity index (χ0n) is 9.75. The smallest absolute Gasteiger partial charge is 0.308 e. The second-order valence-electron chi connectivity index (χ2n) is 3.85. The summed E-state index contributed by atoms with van der Waals surface area (Å²) in [6.07, 6.45) is 1.75. The first-order chi connectivity index (χ1) is 8.11. The molecule has 1 aromatic rings. The SMILES string of the molecule is COc1ccc2c(c1)CCC(Br)=C2OC(C)=O. The van der Waals surface area contributed by atoms with Crippen molar-refractivity contribution in [1.29, 1.82) is 0 Å². The second kappa shape index (κ2) is 4.92. The summed E-state index contributed by atoms with van der Waals surface area (Å²) in [6.45, 7) is 1.41. The van der Waals surface area contributed by atoms with E-state index in [2.05, 4.69) is 15.9 Å². The molecule has 4 heteroatoms. The van der Waals surface area contributed by atoms with Gasteiger partial charge in [-0.3, -0.25) is 4.79 Å². The first-order valence-electron chi connectivity index (χ1n) is 5.36. The van der Waals surface area contributed by atoms with Crippen LogP contribution in [-0.2, 0) is 16.0 Å². The van der Waals surface area contributed by atoms with E-state index in [0.29, 0.717) is 5.76 Å². The lowest BCUT2D eigenvalue weighted by Gasteiger charge is -2.20. The molecule has 0 atom stereocenters. The molecule has 1 aliphatic carbocycles. The summed E-state index contributed by atoms with van der Waals surface area (Å²) >= 11 is 3.46. The third-order valence-electron chi connectivity index (χ3n) is 2.66. The summed E-state index contributed by atoms with van der Waals surface area (Å²) in [4.78, 5) is 11.1. The Bertz CT molecular complexity index is 491. The van der Waals surface area contributed by atoms with Crippen LogP contribution in [0.3, 0.4) is 0 Å². The number of aryl methyl sites for hydroxylation is 1. The van der Waals surface area contributed by atoms with Crippen molar-refractivity contribution < 1.29 is 14.3 Å². The predicted molar refractivity (Wildman–Crippen MR) is 68.9 cm³/mol. The van der Waals surface area contributed by atoms with Gasteiger partial charge in [0.2, 0.25) is 0 Å². The molecule has 0 aromatic heterocycles. The van der Waals surface area contributed by atoms with E-state index < -0.39 is 0 Å². The number of benzene rings is 1. The summed E-state index contributed by atoms with van der Waals surface area (Å²) in [7, 11) is 1.64. The molecule has 0 amide bonds. The third kappa shape index (κ3) is 2.52. The monoisotopic (exact) mass is 296 g/mol. The van der Waals surface area contributed by atoms with Crippen molar-refractivity contribution in [3.05, 3.63) is 33.8 Å². The van der Waals surface area contributed by atoms with Gasteiger partial charge in [0.15, 0.2) is 0 Å². The molecule has 0 radical (unpaired) electrons. The summed E-state index contributed by atoms with van der Waals surface area (Å²) in [5.41, 5.74) is 2.10. The van der Waals surface area contributed by atoms with E-state index in [1.807, 2.05) is 18.2 Å². The number of methoxy groups -OCH3 is 1. The highest BCUT2D eigenvalue weighted by atomic mass is 79.9. The molecule has 90 valence electrons. The Morgan fingerprint density at radius 2 is 2.12 bits per heavy atom. The van der Waals surface area contributed by atoms with Gasteiger partial charge in [0, 0.05) is 17.0 Å². The minimum absolute atomic E-state index is 0.305. The molecule has 0 bridgehead atoms. The highest BCUT2D eigenvalue weighted by Gasteiger charge is 2.20. The molecule has 1 aromatic carbocycles. The van der Waals surface area contributed by atoms with Gasteiger partial charge in [0.25, 0.3) is 0 Å². The fourth-order valence-corrected chi connectivity index (χ4v) is 2.38. The van der Waals surface area contributed by atoms with Crippen LogP contribution in [0.5, 0.6) is 5.75 Å². The summed E-state index contributed by atoms with van der Waals surface area (Å²) in [6, 6.07) is 5.78. The Morgan fingerprint density at radius 1 is 1.35 bits per heavy atom. The maximum atomic E-state index is 11.1. The van der Waals surface area contributed by atoms with Gasteiger partial charge >= 0.3 is 5.97 Å². The average molecular weight is 297 g/mol. The molecule has 0 heterocycles. The minimum Gasteiger partial charge on any atom is -0.497 e. The Kier molecular flexibility index (Phi) is 3.52. The van der Waals surface area contributed by atoms with Gasteiger partial charge in [0.05, 0.1) is 7.11 Å². The average Bonchev–Trinajstić information content (AvgIpc) is 2.32. The van der Waals surface area contributed by atoms with Crippen LogP contribution >= 0.6 is 15.9 Å². The van der Waals surface area contributed by atoms with Gasteiger partial charge in [-0.15, -0.1) is 0 Å². The zero-order chi connectivity index (χ0) is 12.4. The number of fused-ring (bicyclic) bond motifs is 1. The standard InChI is InChI=1S/C13H13BrO3/c1-8(15)17-13-11-5-4-10(16-2)7-9(11)3-6-12(13)14/h4-5,7H,3,6H2,1-2H3. The molecule has 0 saturated heterocycles. The predicted octanol–water partition coefficient (Wildman–Crippen LogP) is 3.27. The van der Waals surface area contributed by atoms with Crippen LogP contribution in [0.4, 0.5) is 0 Å². The Morgan fingerprint density at radius 3 is 2.76 bits per heavy atom. The normalized spacial score (nSPS) is 14.3.